The molecule has 0 spiro atoms. The number of benzene rings is 1. The first-order chi connectivity index (χ1) is 9.81. The summed E-state index contributed by atoms with van der Waals surface area (Å²) in [6.45, 7) is 8.09. The Bertz CT molecular complexity index is 599. The summed E-state index contributed by atoms with van der Waals surface area (Å²) in [5.41, 5.74) is 7.04. The number of morpholine rings is 1. The molecule has 0 amide bonds. The zero-order chi connectivity index (χ0) is 15.6. The molecule has 1 fully saturated rings. The van der Waals surface area contributed by atoms with Crippen molar-refractivity contribution >= 4 is 15.5 Å². The minimum atomic E-state index is -3.44. The molecule has 1 heterocycles. The van der Waals surface area contributed by atoms with Crippen molar-refractivity contribution in [1.82, 2.24) is 4.90 Å². The minimum absolute atomic E-state index is 0.0239. The van der Waals surface area contributed by atoms with Crippen molar-refractivity contribution in [3.8, 4) is 0 Å². The number of ether oxygens (including phenoxy) is 1. The van der Waals surface area contributed by atoms with Crippen LogP contribution < -0.4 is 5.73 Å². The lowest BCUT2D eigenvalue weighted by Gasteiger charge is -2.35. The second-order valence-electron chi connectivity index (χ2n) is 5.85. The third-order valence-corrected chi connectivity index (χ3v) is 5.76. The van der Waals surface area contributed by atoms with Gasteiger partial charge in [-0.15, -0.1) is 0 Å². The molecule has 1 atom stereocenters. The molecule has 0 aromatic heterocycles. The van der Waals surface area contributed by atoms with Crippen LogP contribution in [-0.4, -0.2) is 50.9 Å². The van der Waals surface area contributed by atoms with Crippen LogP contribution in [0.5, 0.6) is 0 Å². The molecule has 2 rings (SSSR count). The topological polar surface area (TPSA) is 72.6 Å². The lowest BCUT2D eigenvalue weighted by atomic mass is 10.2. The first kappa shape index (κ1) is 16.3. The van der Waals surface area contributed by atoms with Crippen molar-refractivity contribution in [2.24, 2.45) is 0 Å². The van der Waals surface area contributed by atoms with Crippen molar-refractivity contribution in [1.29, 1.82) is 0 Å². The molecule has 6 heteroatoms. The number of rotatable bonds is 4. The summed E-state index contributed by atoms with van der Waals surface area (Å²) in [6, 6.07) is 5.50. The molecular formula is C15H24N2O3S. The van der Waals surface area contributed by atoms with Crippen molar-refractivity contribution < 1.29 is 13.2 Å². The summed E-state index contributed by atoms with van der Waals surface area (Å²) < 4.78 is 30.8. The zero-order valence-electron chi connectivity index (χ0n) is 12.9. The second-order valence-corrected chi connectivity index (χ2v) is 7.85. The van der Waals surface area contributed by atoms with E-state index in [4.69, 9.17) is 10.5 Å². The van der Waals surface area contributed by atoms with E-state index < -0.39 is 9.84 Å². The maximum atomic E-state index is 12.6. The fourth-order valence-electron chi connectivity index (χ4n) is 2.57. The smallest absolute Gasteiger partial charge is 0.183 e. The van der Waals surface area contributed by atoms with E-state index in [2.05, 4.69) is 18.7 Å². The number of sulfone groups is 1. The van der Waals surface area contributed by atoms with Crippen LogP contribution in [0.25, 0.3) is 0 Å². The van der Waals surface area contributed by atoms with Crippen molar-refractivity contribution in [2.75, 3.05) is 31.2 Å². The van der Waals surface area contributed by atoms with Gasteiger partial charge in [0.2, 0.25) is 0 Å². The number of aryl methyl sites for hydroxylation is 1. The summed E-state index contributed by atoms with van der Waals surface area (Å²) >= 11 is 0. The highest BCUT2D eigenvalue weighted by atomic mass is 32.2. The third kappa shape index (κ3) is 3.75. The van der Waals surface area contributed by atoms with Gasteiger partial charge < -0.3 is 10.5 Å². The fourth-order valence-corrected chi connectivity index (χ4v) is 4.22. The molecule has 0 saturated carbocycles. The summed E-state index contributed by atoms with van der Waals surface area (Å²) in [4.78, 5) is 2.45. The minimum Gasteiger partial charge on any atom is -0.397 e. The Kier molecular flexibility index (Phi) is 4.91. The van der Waals surface area contributed by atoms with Crippen molar-refractivity contribution in [2.45, 2.75) is 37.8 Å². The summed E-state index contributed by atoms with van der Waals surface area (Å²) in [6.07, 6.45) is -0.300. The first-order valence-electron chi connectivity index (χ1n) is 7.25. The number of para-hydroxylation sites is 1. The molecule has 0 aliphatic carbocycles. The number of hydrogen-bond donors (Lipinski definition) is 1. The number of hydrogen-bond acceptors (Lipinski definition) is 5. The number of nitrogens with zero attached hydrogens (tertiary/aromatic N) is 1. The van der Waals surface area contributed by atoms with E-state index in [0.717, 1.165) is 12.1 Å². The monoisotopic (exact) mass is 312 g/mol. The van der Waals surface area contributed by atoms with Crippen LogP contribution in [0.1, 0.15) is 19.4 Å². The SMILES string of the molecule is Cc1cccc(S(=O)(=O)CC2CN(C(C)C)CCO2)c1N. The van der Waals surface area contributed by atoms with Gasteiger partial charge in [-0.25, -0.2) is 8.42 Å². The van der Waals surface area contributed by atoms with Gasteiger partial charge in [0.1, 0.15) is 0 Å². The molecule has 118 valence electrons. The average molecular weight is 312 g/mol. The number of nitrogens with two attached hydrogens (primary N) is 1. The van der Waals surface area contributed by atoms with Gasteiger partial charge in [0.05, 0.1) is 29.0 Å². The average Bonchev–Trinajstić information content (AvgIpc) is 2.41. The Hall–Kier alpha value is -1.11. The van der Waals surface area contributed by atoms with Gasteiger partial charge in [-0.2, -0.15) is 0 Å². The van der Waals surface area contributed by atoms with E-state index >= 15 is 0 Å². The van der Waals surface area contributed by atoms with Gasteiger partial charge in [-0.1, -0.05) is 12.1 Å². The van der Waals surface area contributed by atoms with E-state index in [9.17, 15) is 8.42 Å². The van der Waals surface area contributed by atoms with Crippen LogP contribution in [-0.2, 0) is 14.6 Å². The van der Waals surface area contributed by atoms with Gasteiger partial charge in [-0.3, -0.25) is 4.90 Å². The van der Waals surface area contributed by atoms with Gasteiger partial charge in [0.15, 0.2) is 9.84 Å². The maximum absolute atomic E-state index is 12.6. The normalized spacial score (nSPS) is 20.9. The Labute approximate surface area is 127 Å². The van der Waals surface area contributed by atoms with E-state index in [1.807, 2.05) is 13.0 Å². The lowest BCUT2D eigenvalue weighted by molar-refractivity contribution is -0.0272. The van der Waals surface area contributed by atoms with Crippen LogP contribution in [0, 0.1) is 6.92 Å². The molecule has 21 heavy (non-hydrogen) atoms. The molecule has 2 N–H and O–H groups in total. The third-order valence-electron chi connectivity index (χ3n) is 3.92. The standard InChI is InChI=1S/C15H24N2O3S/c1-11(2)17-7-8-20-13(9-17)10-21(18,19)14-6-4-5-12(3)15(14)16/h4-6,11,13H,7-10,16H2,1-3H3. The van der Waals surface area contributed by atoms with Crippen molar-refractivity contribution in [3.63, 3.8) is 0 Å². The van der Waals surface area contributed by atoms with Crippen LogP contribution in [0.3, 0.4) is 0 Å². The molecule has 1 aliphatic rings. The number of anilines is 1. The van der Waals surface area contributed by atoms with E-state index in [0.29, 0.717) is 24.9 Å². The van der Waals surface area contributed by atoms with Crippen LogP contribution in [0.4, 0.5) is 5.69 Å². The highest BCUT2D eigenvalue weighted by Gasteiger charge is 2.29. The summed E-state index contributed by atoms with van der Waals surface area (Å²) in [5.74, 6) is -0.0239. The largest absolute Gasteiger partial charge is 0.397 e. The van der Waals surface area contributed by atoms with Gasteiger partial charge in [0.25, 0.3) is 0 Å². The van der Waals surface area contributed by atoms with E-state index in [1.165, 1.54) is 0 Å². The van der Waals surface area contributed by atoms with Crippen molar-refractivity contribution in [3.05, 3.63) is 23.8 Å². The highest BCUT2D eigenvalue weighted by Crippen LogP contribution is 2.24. The van der Waals surface area contributed by atoms with Gasteiger partial charge in [-0.05, 0) is 32.4 Å². The molecule has 5 nitrogen and oxygen atoms in total. The molecule has 1 unspecified atom stereocenters. The van der Waals surface area contributed by atoms with Gasteiger partial charge >= 0.3 is 0 Å². The molecule has 1 aromatic rings. The summed E-state index contributed by atoms with van der Waals surface area (Å²) in [5, 5.41) is 0. The molecule has 1 aliphatic heterocycles. The van der Waals surface area contributed by atoms with Crippen LogP contribution >= 0.6 is 0 Å². The maximum Gasteiger partial charge on any atom is 0.183 e. The Morgan fingerprint density at radius 3 is 2.81 bits per heavy atom. The van der Waals surface area contributed by atoms with E-state index in [1.54, 1.807) is 12.1 Å². The molecule has 0 bridgehead atoms. The predicted molar refractivity (Wildman–Crippen MR) is 84.1 cm³/mol. The quantitative estimate of drug-likeness (QED) is 0.852. The Balaban J connectivity index is 2.16. The molecular weight excluding hydrogens is 288 g/mol. The zero-order valence-corrected chi connectivity index (χ0v) is 13.7. The first-order valence-corrected chi connectivity index (χ1v) is 8.90. The molecule has 1 aromatic carbocycles. The fraction of sp³-hybridized carbons (Fsp3) is 0.600. The Morgan fingerprint density at radius 2 is 2.14 bits per heavy atom. The van der Waals surface area contributed by atoms with Crippen LogP contribution in [0.15, 0.2) is 23.1 Å². The van der Waals surface area contributed by atoms with Gasteiger partial charge in [0, 0.05) is 19.1 Å². The Morgan fingerprint density at radius 1 is 1.43 bits per heavy atom. The lowest BCUT2D eigenvalue weighted by Crippen LogP contribution is -2.48. The number of nitrogen functional groups attached to an aromatic ring is 1. The molecule has 1 saturated heterocycles. The second kappa shape index (κ2) is 6.34. The van der Waals surface area contributed by atoms with E-state index in [-0.39, 0.29) is 16.8 Å². The van der Waals surface area contributed by atoms with Crippen LogP contribution in [0.2, 0.25) is 0 Å². The predicted octanol–water partition coefficient (Wildman–Crippen LogP) is 1.46. The highest BCUT2D eigenvalue weighted by molar-refractivity contribution is 7.91. The summed E-state index contributed by atoms with van der Waals surface area (Å²) in [7, 11) is -3.44. The molecule has 0 radical (unpaired) electrons.